The van der Waals surface area contributed by atoms with Crippen molar-refractivity contribution in [3.05, 3.63) is 84.4 Å². The molecule has 2 amide bonds. The van der Waals surface area contributed by atoms with E-state index in [-0.39, 0.29) is 6.42 Å². The van der Waals surface area contributed by atoms with E-state index in [1.54, 1.807) is 66.7 Å². The number of para-hydroxylation sites is 2. The molecule has 40 heavy (non-hydrogen) atoms. The molecule has 4 atom stereocenters. The first kappa shape index (κ1) is 28.8. The molecule has 1 aliphatic carbocycles. The number of ether oxygens (including phenoxy) is 2. The van der Waals surface area contributed by atoms with Crippen molar-refractivity contribution in [2.45, 2.75) is 44.6 Å². The Morgan fingerprint density at radius 2 is 1.52 bits per heavy atom. The molecule has 0 heterocycles. The predicted octanol–water partition coefficient (Wildman–Crippen LogP) is 5.19. The lowest BCUT2D eigenvalue weighted by molar-refractivity contribution is -0.150. The van der Waals surface area contributed by atoms with Gasteiger partial charge >= 0.3 is 0 Å². The van der Waals surface area contributed by atoms with E-state index < -0.39 is 41.0 Å². The second-order valence-electron chi connectivity index (χ2n) is 10.3. The van der Waals surface area contributed by atoms with Gasteiger partial charge in [-0.15, -0.1) is 0 Å². The van der Waals surface area contributed by atoms with Crippen molar-refractivity contribution >= 4 is 29.0 Å². The monoisotopic (exact) mass is 544 g/mol. The highest BCUT2D eigenvalue weighted by Crippen LogP contribution is 2.48. The lowest BCUT2D eigenvalue weighted by Gasteiger charge is -2.44. The lowest BCUT2D eigenvalue weighted by Crippen LogP contribution is -2.56. The largest absolute Gasteiger partial charge is 0.493 e. The Balaban J connectivity index is 1.78. The molecule has 3 aromatic rings. The summed E-state index contributed by atoms with van der Waals surface area (Å²) in [5.41, 5.74) is -0.136. The smallest absolute Gasteiger partial charge is 0.235 e. The molecule has 1 fully saturated rings. The van der Waals surface area contributed by atoms with E-state index in [2.05, 4.69) is 17.6 Å². The molecule has 1 saturated carbocycles. The maximum absolute atomic E-state index is 13.8. The first-order valence-corrected chi connectivity index (χ1v) is 13.5. The third-order valence-corrected chi connectivity index (χ3v) is 7.24. The van der Waals surface area contributed by atoms with Crippen molar-refractivity contribution in [3.63, 3.8) is 0 Å². The maximum Gasteiger partial charge on any atom is 0.235 e. The zero-order valence-electron chi connectivity index (χ0n) is 23.1. The van der Waals surface area contributed by atoms with Gasteiger partial charge in [0.2, 0.25) is 11.8 Å². The predicted molar refractivity (Wildman–Crippen MR) is 154 cm³/mol. The summed E-state index contributed by atoms with van der Waals surface area (Å²) in [6.45, 7) is 4.04. The molecule has 4 unspecified atom stereocenters. The standard InChI is InChI=1S/C32H36N2O6/c1-4-5-18-40-25-17-16-21(19-26(25)39-3)27-28(30(36)33-22-12-8-6-9-13-22)24(35)20-32(2,38)29(27)31(37)34-23-14-10-7-11-15-23/h6-17,19,27-29,38H,4-5,18,20H2,1-3H3,(H,33,36)(H,34,37). The number of rotatable bonds is 10. The number of nitrogens with one attached hydrogen (secondary N) is 2. The molecule has 3 N–H and O–H groups in total. The van der Waals surface area contributed by atoms with E-state index in [4.69, 9.17) is 9.47 Å². The van der Waals surface area contributed by atoms with Crippen LogP contribution < -0.4 is 20.1 Å². The van der Waals surface area contributed by atoms with Crippen LogP contribution in [-0.2, 0) is 14.4 Å². The Morgan fingerprint density at radius 1 is 0.925 bits per heavy atom. The zero-order chi connectivity index (χ0) is 28.7. The van der Waals surface area contributed by atoms with Crippen LogP contribution in [0.15, 0.2) is 78.9 Å². The van der Waals surface area contributed by atoms with Crippen LogP contribution in [0.5, 0.6) is 11.5 Å². The van der Waals surface area contributed by atoms with Crippen LogP contribution in [0.3, 0.4) is 0 Å². The molecular formula is C32H36N2O6. The van der Waals surface area contributed by atoms with Crippen molar-refractivity contribution in [1.29, 1.82) is 0 Å². The quantitative estimate of drug-likeness (QED) is 0.239. The van der Waals surface area contributed by atoms with E-state index >= 15 is 0 Å². The summed E-state index contributed by atoms with van der Waals surface area (Å²) in [7, 11) is 1.51. The summed E-state index contributed by atoms with van der Waals surface area (Å²) in [6, 6.07) is 22.8. The Kier molecular flexibility index (Phi) is 9.22. The summed E-state index contributed by atoms with van der Waals surface area (Å²) < 4.78 is 11.5. The van der Waals surface area contributed by atoms with Crippen LogP contribution in [0.4, 0.5) is 11.4 Å². The summed E-state index contributed by atoms with van der Waals surface area (Å²) in [4.78, 5) is 41.1. The molecular weight excluding hydrogens is 508 g/mol. The second-order valence-corrected chi connectivity index (χ2v) is 10.3. The third kappa shape index (κ3) is 6.51. The minimum Gasteiger partial charge on any atom is -0.493 e. The fraction of sp³-hybridized carbons (Fsp3) is 0.344. The van der Waals surface area contributed by atoms with Gasteiger partial charge in [-0.3, -0.25) is 14.4 Å². The molecule has 0 radical (unpaired) electrons. The van der Waals surface area contributed by atoms with Crippen LogP contribution in [0.1, 0.15) is 44.6 Å². The van der Waals surface area contributed by atoms with Crippen LogP contribution in [0.2, 0.25) is 0 Å². The number of amides is 2. The fourth-order valence-electron chi connectivity index (χ4n) is 5.31. The number of ketones is 1. The van der Waals surface area contributed by atoms with Gasteiger partial charge in [0, 0.05) is 23.7 Å². The van der Waals surface area contributed by atoms with Crippen molar-refractivity contribution in [2.24, 2.45) is 11.8 Å². The Morgan fingerprint density at radius 3 is 2.10 bits per heavy atom. The van der Waals surface area contributed by atoms with Crippen molar-refractivity contribution < 1.29 is 29.0 Å². The number of anilines is 2. The topological polar surface area (TPSA) is 114 Å². The molecule has 4 rings (SSSR count). The van der Waals surface area contributed by atoms with Gasteiger partial charge < -0.3 is 25.2 Å². The molecule has 0 spiro atoms. The highest BCUT2D eigenvalue weighted by Gasteiger charge is 2.56. The van der Waals surface area contributed by atoms with E-state index in [9.17, 15) is 19.5 Å². The number of unbranched alkanes of at least 4 members (excludes halogenated alkanes) is 1. The molecule has 0 aliphatic heterocycles. The zero-order valence-corrected chi connectivity index (χ0v) is 23.1. The molecule has 0 bridgehead atoms. The number of methoxy groups -OCH3 is 1. The van der Waals surface area contributed by atoms with Crippen molar-refractivity contribution in [1.82, 2.24) is 0 Å². The fourth-order valence-corrected chi connectivity index (χ4v) is 5.31. The molecule has 8 heteroatoms. The molecule has 1 aliphatic rings. The molecule has 0 aromatic heterocycles. The Bertz CT molecular complexity index is 1330. The number of carbonyl (C=O) groups excluding carboxylic acids is 3. The maximum atomic E-state index is 13.8. The third-order valence-electron chi connectivity index (χ3n) is 7.24. The molecule has 210 valence electrons. The van der Waals surface area contributed by atoms with Crippen molar-refractivity contribution in [3.8, 4) is 11.5 Å². The first-order valence-electron chi connectivity index (χ1n) is 13.5. The van der Waals surface area contributed by atoms with Gasteiger partial charge in [-0.1, -0.05) is 55.8 Å². The molecule has 8 nitrogen and oxygen atoms in total. The lowest BCUT2D eigenvalue weighted by atomic mass is 9.61. The highest BCUT2D eigenvalue weighted by molar-refractivity contribution is 6.10. The number of hydrogen-bond acceptors (Lipinski definition) is 6. The van der Waals surface area contributed by atoms with E-state index in [0.717, 1.165) is 12.8 Å². The Hall–Kier alpha value is -4.17. The summed E-state index contributed by atoms with van der Waals surface area (Å²) in [5.74, 6) is -3.90. The van der Waals surface area contributed by atoms with Gasteiger partial charge in [0.15, 0.2) is 11.5 Å². The van der Waals surface area contributed by atoms with Gasteiger partial charge in [-0.25, -0.2) is 0 Å². The molecule has 3 aromatic carbocycles. The van der Waals surface area contributed by atoms with E-state index in [1.165, 1.54) is 14.0 Å². The average Bonchev–Trinajstić information content (AvgIpc) is 2.93. The van der Waals surface area contributed by atoms with Crippen molar-refractivity contribution in [2.75, 3.05) is 24.4 Å². The summed E-state index contributed by atoms with van der Waals surface area (Å²) in [5, 5.41) is 17.2. The van der Waals surface area contributed by atoms with Gasteiger partial charge in [-0.2, -0.15) is 0 Å². The van der Waals surface area contributed by atoms with Crippen LogP contribution in [0, 0.1) is 11.8 Å². The number of hydrogen-bond donors (Lipinski definition) is 3. The van der Waals surface area contributed by atoms with Crippen LogP contribution in [-0.4, -0.2) is 42.0 Å². The minimum atomic E-state index is -1.71. The van der Waals surface area contributed by atoms with Crippen LogP contribution in [0.25, 0.3) is 0 Å². The summed E-state index contributed by atoms with van der Waals surface area (Å²) >= 11 is 0. The average molecular weight is 545 g/mol. The number of carbonyl (C=O) groups is 3. The second kappa shape index (κ2) is 12.8. The van der Waals surface area contributed by atoms with Crippen LogP contribution >= 0.6 is 0 Å². The highest BCUT2D eigenvalue weighted by atomic mass is 16.5. The Labute approximate surface area is 234 Å². The summed E-state index contributed by atoms with van der Waals surface area (Å²) in [6.07, 6.45) is 1.49. The first-order chi connectivity index (χ1) is 19.2. The van der Waals surface area contributed by atoms with E-state index in [1.807, 2.05) is 12.1 Å². The normalized spacial score (nSPS) is 22.3. The number of benzene rings is 3. The number of Topliss-reactive ketones (excluding diaryl/α,β-unsaturated/α-hetero) is 1. The molecule has 0 saturated heterocycles. The van der Waals surface area contributed by atoms with Gasteiger partial charge in [-0.05, 0) is 55.3 Å². The SMILES string of the molecule is CCCCOc1ccc(C2C(C(=O)Nc3ccccc3)C(=O)CC(C)(O)C2C(=O)Nc2ccccc2)cc1OC. The van der Waals surface area contributed by atoms with E-state index in [0.29, 0.717) is 35.0 Å². The van der Waals surface area contributed by atoms with Gasteiger partial charge in [0.1, 0.15) is 11.7 Å². The minimum absolute atomic E-state index is 0.349. The van der Waals surface area contributed by atoms with Gasteiger partial charge in [0.05, 0.1) is 25.2 Å². The number of aliphatic hydroxyl groups is 1. The van der Waals surface area contributed by atoms with Gasteiger partial charge in [0.25, 0.3) is 0 Å².